The Bertz CT molecular complexity index is 1290. The van der Waals surface area contributed by atoms with Gasteiger partial charge in [-0.15, -0.1) is 0 Å². The molecule has 212 valence electrons. The summed E-state index contributed by atoms with van der Waals surface area (Å²) < 4.78 is 48.1. The summed E-state index contributed by atoms with van der Waals surface area (Å²) in [5.74, 6) is 0.773. The molecule has 0 radical (unpaired) electrons. The standard InChI is InChI=1S/C29H35ClF3N3O3/c1-4-11-35(16-23(37)13-19(5-2)20-8-6-18(3)7-9-20)28(38)25-26(30)36-15-22(21-10-12-39-17-21)14-24(27(36)34-25)29(31,32)33/h10,12,14-15,17-20H,4-9,11,13,16H2,1-3H3. The molecule has 1 unspecified atom stereocenters. The number of carbonyl (C=O) groups is 2. The minimum Gasteiger partial charge on any atom is -0.472 e. The van der Waals surface area contributed by atoms with Crippen molar-refractivity contribution in [1.82, 2.24) is 14.3 Å². The van der Waals surface area contributed by atoms with Crippen LogP contribution in [0.25, 0.3) is 16.8 Å². The minimum atomic E-state index is -4.73. The lowest BCUT2D eigenvalue weighted by Crippen LogP contribution is -2.37. The number of imidazole rings is 1. The molecule has 1 amide bonds. The second kappa shape index (κ2) is 12.1. The molecule has 1 saturated carbocycles. The van der Waals surface area contributed by atoms with E-state index in [4.69, 9.17) is 16.0 Å². The maximum atomic E-state index is 14.0. The number of carbonyl (C=O) groups excluding carboxylic acids is 2. The van der Waals surface area contributed by atoms with E-state index in [1.165, 1.54) is 42.5 Å². The minimum absolute atomic E-state index is 0.0552. The number of pyridine rings is 1. The second-order valence-corrected chi connectivity index (χ2v) is 11.1. The van der Waals surface area contributed by atoms with E-state index in [9.17, 15) is 22.8 Å². The van der Waals surface area contributed by atoms with Crippen molar-refractivity contribution in [3.8, 4) is 11.1 Å². The molecule has 1 fully saturated rings. The number of Topliss-reactive ketones (excluding diaryl/α,β-unsaturated/α-hetero) is 1. The monoisotopic (exact) mass is 565 g/mol. The molecule has 1 aliphatic carbocycles. The van der Waals surface area contributed by atoms with Crippen LogP contribution < -0.4 is 0 Å². The van der Waals surface area contributed by atoms with Crippen LogP contribution >= 0.6 is 11.6 Å². The molecule has 0 N–H and O–H groups in total. The molecule has 6 nitrogen and oxygen atoms in total. The number of alkyl halides is 3. The van der Waals surface area contributed by atoms with Gasteiger partial charge in [0.25, 0.3) is 5.91 Å². The maximum Gasteiger partial charge on any atom is 0.420 e. The van der Waals surface area contributed by atoms with Gasteiger partial charge in [0.1, 0.15) is 5.15 Å². The Morgan fingerprint density at radius 3 is 2.51 bits per heavy atom. The number of hydrogen-bond donors (Lipinski definition) is 0. The molecule has 3 aromatic rings. The lowest BCUT2D eigenvalue weighted by atomic mass is 9.74. The summed E-state index contributed by atoms with van der Waals surface area (Å²) in [6, 6.07) is 2.49. The second-order valence-electron chi connectivity index (χ2n) is 10.8. The van der Waals surface area contributed by atoms with Crippen LogP contribution in [0.4, 0.5) is 13.2 Å². The molecule has 3 heterocycles. The third-order valence-corrected chi connectivity index (χ3v) is 8.27. The van der Waals surface area contributed by atoms with Crippen molar-refractivity contribution in [1.29, 1.82) is 0 Å². The van der Waals surface area contributed by atoms with Gasteiger partial charge in [0.05, 0.1) is 24.6 Å². The van der Waals surface area contributed by atoms with Crippen molar-refractivity contribution < 1.29 is 27.2 Å². The van der Waals surface area contributed by atoms with Crippen LogP contribution in [0.3, 0.4) is 0 Å². The first-order chi connectivity index (χ1) is 18.5. The molecule has 10 heteroatoms. The fraction of sp³-hybridized carbons (Fsp3) is 0.552. The summed E-state index contributed by atoms with van der Waals surface area (Å²) >= 11 is 6.49. The van der Waals surface area contributed by atoms with Crippen LogP contribution in [0, 0.1) is 17.8 Å². The first-order valence-corrected chi connectivity index (χ1v) is 14.0. The van der Waals surface area contributed by atoms with Crippen molar-refractivity contribution in [3.63, 3.8) is 0 Å². The van der Waals surface area contributed by atoms with Crippen molar-refractivity contribution in [3.05, 3.63) is 47.3 Å². The van der Waals surface area contributed by atoms with Crippen molar-refractivity contribution in [2.24, 2.45) is 17.8 Å². The number of amides is 1. The fourth-order valence-electron chi connectivity index (χ4n) is 5.69. The summed E-state index contributed by atoms with van der Waals surface area (Å²) in [6.07, 6.45) is 5.76. The van der Waals surface area contributed by atoms with Gasteiger partial charge >= 0.3 is 6.18 Å². The van der Waals surface area contributed by atoms with Crippen molar-refractivity contribution in [2.45, 2.75) is 71.9 Å². The van der Waals surface area contributed by atoms with Crippen LogP contribution in [-0.2, 0) is 11.0 Å². The SMILES string of the molecule is CCCN(CC(=O)CC(CC)C1CCC(C)CC1)C(=O)c1nc2c(C(F)(F)F)cc(-c3ccoc3)cn2c1Cl. The van der Waals surface area contributed by atoms with Crippen LogP contribution in [0.5, 0.6) is 0 Å². The Kier molecular flexibility index (Phi) is 9.09. The first-order valence-electron chi connectivity index (χ1n) is 13.7. The van der Waals surface area contributed by atoms with Crippen LogP contribution in [0.1, 0.15) is 81.8 Å². The van der Waals surface area contributed by atoms with Crippen LogP contribution in [0.15, 0.2) is 35.3 Å². The number of nitrogens with zero attached hydrogens (tertiary/aromatic N) is 3. The average Bonchev–Trinajstić information content (AvgIpc) is 3.55. The highest BCUT2D eigenvalue weighted by Crippen LogP contribution is 2.38. The van der Waals surface area contributed by atoms with Gasteiger partial charge in [0.2, 0.25) is 0 Å². The predicted octanol–water partition coefficient (Wildman–Crippen LogP) is 7.93. The Hall–Kier alpha value is -2.81. The van der Waals surface area contributed by atoms with E-state index >= 15 is 0 Å². The summed E-state index contributed by atoms with van der Waals surface area (Å²) in [6.45, 7) is 6.36. The molecule has 0 bridgehead atoms. The quantitative estimate of drug-likeness (QED) is 0.250. The van der Waals surface area contributed by atoms with Gasteiger partial charge < -0.3 is 9.32 Å². The Labute approximate surface area is 231 Å². The lowest BCUT2D eigenvalue weighted by Gasteiger charge is -2.32. The number of hydrogen-bond acceptors (Lipinski definition) is 4. The molecule has 0 aliphatic heterocycles. The highest BCUT2D eigenvalue weighted by Gasteiger charge is 2.37. The summed E-state index contributed by atoms with van der Waals surface area (Å²) in [5.41, 5.74) is -1.15. The van der Waals surface area contributed by atoms with Gasteiger partial charge in [-0.2, -0.15) is 13.2 Å². The Morgan fingerprint density at radius 2 is 1.92 bits per heavy atom. The third kappa shape index (κ3) is 6.51. The Morgan fingerprint density at radius 1 is 1.21 bits per heavy atom. The van der Waals surface area contributed by atoms with Gasteiger partial charge in [-0.05, 0) is 49.1 Å². The number of ketones is 1. The van der Waals surface area contributed by atoms with E-state index in [-0.39, 0.29) is 41.2 Å². The highest BCUT2D eigenvalue weighted by atomic mass is 35.5. The molecule has 0 spiro atoms. The molecule has 1 aliphatic rings. The van der Waals surface area contributed by atoms with Gasteiger partial charge in [-0.1, -0.05) is 51.6 Å². The number of aromatic nitrogens is 2. The predicted molar refractivity (Wildman–Crippen MR) is 144 cm³/mol. The lowest BCUT2D eigenvalue weighted by molar-refractivity contribution is -0.136. The molecular weight excluding hydrogens is 531 g/mol. The van der Waals surface area contributed by atoms with Crippen LogP contribution in [-0.4, -0.2) is 39.1 Å². The topological polar surface area (TPSA) is 67.8 Å². The number of fused-ring (bicyclic) bond motifs is 1. The summed E-state index contributed by atoms with van der Waals surface area (Å²) in [5, 5.41) is -0.234. The molecule has 0 saturated heterocycles. The number of halogens is 4. The van der Waals surface area contributed by atoms with E-state index in [0.29, 0.717) is 24.3 Å². The maximum absolute atomic E-state index is 14.0. The smallest absolute Gasteiger partial charge is 0.420 e. The first kappa shape index (κ1) is 29.2. The van der Waals surface area contributed by atoms with Gasteiger partial charge in [0.15, 0.2) is 17.1 Å². The fourth-order valence-corrected chi connectivity index (χ4v) is 5.94. The molecule has 4 rings (SSSR count). The van der Waals surface area contributed by atoms with Gasteiger partial charge in [-0.25, -0.2) is 4.98 Å². The van der Waals surface area contributed by atoms with E-state index in [0.717, 1.165) is 35.6 Å². The van der Waals surface area contributed by atoms with E-state index in [2.05, 4.69) is 18.8 Å². The molecule has 39 heavy (non-hydrogen) atoms. The summed E-state index contributed by atoms with van der Waals surface area (Å²) in [7, 11) is 0. The Balaban J connectivity index is 1.60. The largest absolute Gasteiger partial charge is 0.472 e. The zero-order chi connectivity index (χ0) is 28.3. The average molecular weight is 566 g/mol. The molecule has 3 aromatic heterocycles. The molecular formula is C29H35ClF3N3O3. The van der Waals surface area contributed by atoms with Crippen LogP contribution in [0.2, 0.25) is 5.15 Å². The number of furan rings is 1. The van der Waals surface area contributed by atoms with Crippen molar-refractivity contribution >= 4 is 28.9 Å². The number of rotatable bonds is 10. The third-order valence-electron chi connectivity index (χ3n) is 7.91. The summed E-state index contributed by atoms with van der Waals surface area (Å²) in [4.78, 5) is 32.1. The van der Waals surface area contributed by atoms with Crippen molar-refractivity contribution in [2.75, 3.05) is 13.1 Å². The van der Waals surface area contributed by atoms with E-state index in [1.807, 2.05) is 6.92 Å². The highest BCUT2D eigenvalue weighted by molar-refractivity contribution is 6.33. The van der Waals surface area contributed by atoms with Gasteiger partial charge in [-0.3, -0.25) is 14.0 Å². The van der Waals surface area contributed by atoms with E-state index in [1.54, 1.807) is 0 Å². The zero-order valence-corrected chi connectivity index (χ0v) is 23.3. The van der Waals surface area contributed by atoms with Gasteiger partial charge in [0, 0.05) is 30.3 Å². The zero-order valence-electron chi connectivity index (χ0n) is 22.6. The molecule has 1 atom stereocenters. The normalized spacial score (nSPS) is 18.8. The van der Waals surface area contributed by atoms with E-state index < -0.39 is 23.3 Å². The molecule has 0 aromatic carbocycles.